The first kappa shape index (κ1) is 23.8. The lowest BCUT2D eigenvalue weighted by molar-refractivity contribution is -0.0216. The van der Waals surface area contributed by atoms with Crippen molar-refractivity contribution in [2.45, 2.75) is 63.5 Å². The zero-order valence-corrected chi connectivity index (χ0v) is 22.4. The second kappa shape index (κ2) is 8.88. The summed E-state index contributed by atoms with van der Waals surface area (Å²) in [5, 5.41) is 8.66. The minimum absolute atomic E-state index is 0.0484. The third-order valence-electron chi connectivity index (χ3n) is 8.61. The molecule has 0 N–H and O–H groups in total. The topological polar surface area (TPSA) is 82.5 Å². The zero-order valence-electron chi connectivity index (χ0n) is 22.4. The van der Waals surface area contributed by atoms with Gasteiger partial charge in [-0.3, -0.25) is 18.9 Å². The van der Waals surface area contributed by atoms with Crippen molar-refractivity contribution in [1.29, 1.82) is 0 Å². The van der Waals surface area contributed by atoms with Crippen LogP contribution < -0.4 is 5.69 Å². The second-order valence-corrected chi connectivity index (χ2v) is 11.8. The van der Waals surface area contributed by atoms with Crippen LogP contribution in [0.2, 0.25) is 0 Å². The Morgan fingerprint density at radius 2 is 2.00 bits per heavy atom. The summed E-state index contributed by atoms with van der Waals surface area (Å²) in [6, 6.07) is 8.42. The van der Waals surface area contributed by atoms with E-state index in [0.717, 1.165) is 80.3 Å². The van der Waals surface area contributed by atoms with E-state index in [1.54, 1.807) is 10.9 Å². The molecule has 0 radical (unpaired) electrons. The molecule has 3 aromatic heterocycles. The number of aryl methyl sites for hydroxylation is 1. The number of rotatable bonds is 6. The molecule has 9 heteroatoms. The highest BCUT2D eigenvalue weighted by Crippen LogP contribution is 2.51. The quantitative estimate of drug-likeness (QED) is 0.393. The minimum Gasteiger partial charge on any atom is -0.376 e. The number of morpholine rings is 1. The summed E-state index contributed by atoms with van der Waals surface area (Å²) in [5.74, 6) is 2.05. The highest BCUT2D eigenvalue weighted by atomic mass is 16.5. The number of hydrogen-bond donors (Lipinski definition) is 0. The van der Waals surface area contributed by atoms with E-state index in [-0.39, 0.29) is 17.2 Å². The monoisotopic (exact) mass is 513 g/mol. The summed E-state index contributed by atoms with van der Waals surface area (Å²) in [6.45, 7) is 7.63. The lowest BCUT2D eigenvalue weighted by atomic mass is 9.58. The van der Waals surface area contributed by atoms with Crippen LogP contribution in [0, 0.1) is 5.92 Å². The summed E-state index contributed by atoms with van der Waals surface area (Å²) < 4.78 is 11.3. The van der Waals surface area contributed by atoms with E-state index >= 15 is 0 Å². The summed E-state index contributed by atoms with van der Waals surface area (Å²) in [7, 11) is 2.01. The van der Waals surface area contributed by atoms with Crippen molar-refractivity contribution in [3.8, 4) is 5.69 Å². The number of aromatic nitrogens is 6. The van der Waals surface area contributed by atoms with Gasteiger partial charge >= 0.3 is 5.69 Å². The van der Waals surface area contributed by atoms with Crippen LogP contribution >= 0.6 is 0 Å². The SMILES string of the molecule is C[C@@H]1CN(Cc2cn3c(=O)n(-c4cccc([C@]5(c6nncn6C)C[C@@H](C)C5)c4)cc3c(C3CC3)n2)CCO1. The molecule has 7 rings (SSSR count). The fourth-order valence-corrected chi connectivity index (χ4v) is 6.69. The van der Waals surface area contributed by atoms with Crippen molar-refractivity contribution in [3.63, 3.8) is 0 Å². The maximum atomic E-state index is 13.8. The Hall–Kier alpha value is -3.30. The van der Waals surface area contributed by atoms with Crippen molar-refractivity contribution in [3.05, 3.63) is 76.2 Å². The van der Waals surface area contributed by atoms with Gasteiger partial charge in [0.1, 0.15) is 12.2 Å². The number of nitrogens with zero attached hydrogens (tertiary/aromatic N) is 7. The first-order valence-electron chi connectivity index (χ1n) is 13.8. The standard InChI is InChI=1S/C29H35N7O2/c1-19-12-29(13-19,27-32-30-18-33(27)3)22-5-4-6-24(11-22)35-17-25-26(21-7-8-21)31-23(16-36(25)28(35)37)15-34-9-10-38-20(2)14-34/h4-6,11,16-21H,7-10,12-15H2,1-3H3/t19-,20-,29+/m1/s1. The van der Waals surface area contributed by atoms with Crippen molar-refractivity contribution in [2.75, 3.05) is 19.7 Å². The summed E-state index contributed by atoms with van der Waals surface area (Å²) in [5.41, 5.74) is 4.77. The highest BCUT2D eigenvalue weighted by Gasteiger charge is 2.48. The molecule has 1 saturated heterocycles. The number of hydrogen-bond acceptors (Lipinski definition) is 6. The Balaban J connectivity index is 1.29. The van der Waals surface area contributed by atoms with Gasteiger partial charge in [0.2, 0.25) is 0 Å². The van der Waals surface area contributed by atoms with Crippen LogP contribution in [0.1, 0.15) is 68.2 Å². The predicted octanol–water partition coefficient (Wildman–Crippen LogP) is 3.43. The average Bonchev–Trinajstić information content (AvgIpc) is 3.57. The number of imidazole rings is 1. The molecule has 198 valence electrons. The predicted molar refractivity (Wildman–Crippen MR) is 144 cm³/mol. The second-order valence-electron chi connectivity index (χ2n) is 11.8. The van der Waals surface area contributed by atoms with Gasteiger partial charge in [0, 0.05) is 45.0 Å². The van der Waals surface area contributed by atoms with Crippen molar-refractivity contribution < 1.29 is 4.74 Å². The van der Waals surface area contributed by atoms with Crippen LogP contribution in [0.4, 0.5) is 0 Å². The van der Waals surface area contributed by atoms with Gasteiger partial charge in [-0.25, -0.2) is 4.79 Å². The van der Waals surface area contributed by atoms with E-state index in [1.165, 1.54) is 5.56 Å². The van der Waals surface area contributed by atoms with Crippen LogP contribution in [-0.2, 0) is 23.7 Å². The van der Waals surface area contributed by atoms with Gasteiger partial charge in [-0.1, -0.05) is 19.1 Å². The first-order valence-corrected chi connectivity index (χ1v) is 13.8. The third kappa shape index (κ3) is 3.91. The Bertz CT molecular complexity index is 1560. The van der Waals surface area contributed by atoms with Crippen molar-refractivity contribution in [2.24, 2.45) is 13.0 Å². The van der Waals surface area contributed by atoms with Crippen LogP contribution in [0.25, 0.3) is 11.2 Å². The molecule has 9 nitrogen and oxygen atoms in total. The number of ether oxygens (including phenoxy) is 1. The summed E-state index contributed by atoms with van der Waals surface area (Å²) in [4.78, 5) is 21.3. The molecule has 38 heavy (non-hydrogen) atoms. The van der Waals surface area contributed by atoms with E-state index in [0.29, 0.717) is 11.8 Å². The molecule has 4 heterocycles. The molecule has 1 aliphatic heterocycles. The summed E-state index contributed by atoms with van der Waals surface area (Å²) >= 11 is 0. The molecule has 0 unspecified atom stereocenters. The molecule has 0 bridgehead atoms. The van der Waals surface area contributed by atoms with Crippen LogP contribution in [-0.4, -0.2) is 59.4 Å². The number of fused-ring (bicyclic) bond motifs is 1. The molecule has 2 aliphatic carbocycles. The molecule has 1 aromatic carbocycles. The molecule has 1 atom stereocenters. The van der Waals surface area contributed by atoms with Crippen LogP contribution in [0.15, 0.2) is 47.8 Å². The van der Waals surface area contributed by atoms with Crippen LogP contribution in [0.3, 0.4) is 0 Å². The Kier molecular flexibility index (Phi) is 5.56. The lowest BCUT2D eigenvalue weighted by Crippen LogP contribution is -2.43. The van der Waals surface area contributed by atoms with Crippen LogP contribution in [0.5, 0.6) is 0 Å². The number of benzene rings is 1. The minimum atomic E-state index is -0.174. The van der Waals surface area contributed by atoms with Gasteiger partial charge in [0.25, 0.3) is 0 Å². The molecular formula is C29H35N7O2. The molecule has 3 aliphatic rings. The van der Waals surface area contributed by atoms with Gasteiger partial charge in [0.15, 0.2) is 0 Å². The van der Waals surface area contributed by atoms with Gasteiger partial charge in [-0.15, -0.1) is 10.2 Å². The van der Waals surface area contributed by atoms with E-state index in [2.05, 4.69) is 47.1 Å². The Morgan fingerprint density at radius 3 is 2.71 bits per heavy atom. The Morgan fingerprint density at radius 1 is 1.16 bits per heavy atom. The van der Waals surface area contributed by atoms with Gasteiger partial charge in [-0.05, 0) is 56.2 Å². The van der Waals surface area contributed by atoms with E-state index in [4.69, 9.17) is 9.72 Å². The fraction of sp³-hybridized carbons (Fsp3) is 0.517. The summed E-state index contributed by atoms with van der Waals surface area (Å²) in [6.07, 6.45) is 10.2. The van der Waals surface area contributed by atoms with E-state index in [9.17, 15) is 4.79 Å². The third-order valence-corrected chi connectivity index (χ3v) is 8.61. The largest absolute Gasteiger partial charge is 0.376 e. The molecule has 0 amide bonds. The van der Waals surface area contributed by atoms with Gasteiger partial charge in [0.05, 0.1) is 40.7 Å². The molecule has 4 aromatic rings. The van der Waals surface area contributed by atoms with E-state index < -0.39 is 0 Å². The molecule has 0 spiro atoms. The zero-order chi connectivity index (χ0) is 26.0. The molecular weight excluding hydrogens is 478 g/mol. The first-order chi connectivity index (χ1) is 18.4. The molecule has 3 fully saturated rings. The highest BCUT2D eigenvalue weighted by molar-refractivity contribution is 5.56. The van der Waals surface area contributed by atoms with Crippen molar-refractivity contribution >= 4 is 5.52 Å². The smallest absolute Gasteiger partial charge is 0.337 e. The maximum Gasteiger partial charge on any atom is 0.337 e. The van der Waals surface area contributed by atoms with Crippen molar-refractivity contribution in [1.82, 2.24) is 33.6 Å². The molecule has 2 saturated carbocycles. The van der Waals surface area contributed by atoms with Gasteiger partial charge < -0.3 is 9.30 Å². The average molecular weight is 514 g/mol. The van der Waals surface area contributed by atoms with E-state index in [1.807, 2.05) is 34.5 Å². The van der Waals surface area contributed by atoms with Gasteiger partial charge in [-0.2, -0.15) is 0 Å². The Labute approximate surface area is 222 Å². The maximum absolute atomic E-state index is 13.8. The normalized spacial score (nSPS) is 26.1. The lowest BCUT2D eigenvalue weighted by Gasteiger charge is -2.46. The fourth-order valence-electron chi connectivity index (χ4n) is 6.69.